The standard InChI is InChI=1S/C12H21NO3/c1-7-16-11(15)9(8-13(5)6)10(14)12(2,3)4/h8H,7H2,1-6H3/b9-8+. The molecule has 0 amide bonds. The molecule has 0 rings (SSSR count). The molecule has 16 heavy (non-hydrogen) atoms. The molecule has 0 unspecified atom stereocenters. The Hall–Kier alpha value is -1.32. The van der Waals surface area contributed by atoms with Crippen molar-refractivity contribution in [2.45, 2.75) is 27.7 Å². The highest BCUT2D eigenvalue weighted by Gasteiger charge is 2.30. The fourth-order valence-electron chi connectivity index (χ4n) is 1.08. The molecule has 0 aliphatic carbocycles. The molecular weight excluding hydrogens is 206 g/mol. The van der Waals surface area contributed by atoms with Crippen LogP contribution in [0.5, 0.6) is 0 Å². The Morgan fingerprint density at radius 1 is 1.25 bits per heavy atom. The Labute approximate surface area is 97.3 Å². The van der Waals surface area contributed by atoms with Gasteiger partial charge in [-0.05, 0) is 6.92 Å². The van der Waals surface area contributed by atoms with Crippen molar-refractivity contribution >= 4 is 11.8 Å². The normalized spacial score (nSPS) is 12.2. The number of nitrogens with zero attached hydrogens (tertiary/aromatic N) is 1. The Morgan fingerprint density at radius 2 is 1.75 bits per heavy atom. The number of hydrogen-bond donors (Lipinski definition) is 0. The molecule has 0 saturated carbocycles. The first-order valence-corrected chi connectivity index (χ1v) is 5.30. The molecule has 0 atom stereocenters. The van der Waals surface area contributed by atoms with Gasteiger partial charge in [-0.3, -0.25) is 4.79 Å². The zero-order chi connectivity index (χ0) is 12.9. The number of ether oxygens (including phenoxy) is 1. The summed E-state index contributed by atoms with van der Waals surface area (Å²) in [6.07, 6.45) is 1.51. The second-order valence-corrected chi connectivity index (χ2v) is 4.81. The van der Waals surface area contributed by atoms with Crippen molar-refractivity contribution in [3.8, 4) is 0 Å². The van der Waals surface area contributed by atoms with E-state index in [4.69, 9.17) is 4.74 Å². The van der Waals surface area contributed by atoms with Crippen molar-refractivity contribution in [3.63, 3.8) is 0 Å². The van der Waals surface area contributed by atoms with E-state index in [2.05, 4.69) is 0 Å². The Bertz CT molecular complexity index is 298. The number of hydrogen-bond acceptors (Lipinski definition) is 4. The van der Waals surface area contributed by atoms with E-state index in [-0.39, 0.29) is 18.0 Å². The summed E-state index contributed by atoms with van der Waals surface area (Å²) in [7, 11) is 3.52. The molecule has 0 radical (unpaired) electrons. The summed E-state index contributed by atoms with van der Waals surface area (Å²) in [6.45, 7) is 7.31. The molecule has 0 bridgehead atoms. The molecule has 0 aliphatic heterocycles. The average Bonchev–Trinajstić information content (AvgIpc) is 2.11. The van der Waals surface area contributed by atoms with Gasteiger partial charge in [-0.2, -0.15) is 0 Å². The lowest BCUT2D eigenvalue weighted by Gasteiger charge is -2.19. The highest BCUT2D eigenvalue weighted by atomic mass is 16.5. The summed E-state index contributed by atoms with van der Waals surface area (Å²) in [5.41, 5.74) is -0.492. The second-order valence-electron chi connectivity index (χ2n) is 4.81. The van der Waals surface area contributed by atoms with Gasteiger partial charge in [-0.1, -0.05) is 20.8 Å². The topological polar surface area (TPSA) is 46.6 Å². The van der Waals surface area contributed by atoms with E-state index in [0.717, 1.165) is 0 Å². The van der Waals surface area contributed by atoms with Gasteiger partial charge in [-0.25, -0.2) is 4.79 Å². The van der Waals surface area contributed by atoms with Gasteiger partial charge in [-0.15, -0.1) is 0 Å². The number of esters is 1. The molecule has 0 aromatic heterocycles. The van der Waals surface area contributed by atoms with Crippen LogP contribution in [-0.2, 0) is 14.3 Å². The number of Topliss-reactive ketones (excluding diaryl/α,β-unsaturated/α-hetero) is 1. The van der Waals surface area contributed by atoms with Gasteiger partial charge >= 0.3 is 5.97 Å². The van der Waals surface area contributed by atoms with Gasteiger partial charge in [0.15, 0.2) is 5.78 Å². The van der Waals surface area contributed by atoms with Crippen LogP contribution in [0, 0.1) is 5.41 Å². The maximum Gasteiger partial charge on any atom is 0.343 e. The molecule has 0 N–H and O–H groups in total. The van der Waals surface area contributed by atoms with Gasteiger partial charge in [0.2, 0.25) is 0 Å². The summed E-state index contributed by atoms with van der Waals surface area (Å²) < 4.78 is 4.87. The molecule has 0 aromatic rings. The van der Waals surface area contributed by atoms with Crippen LogP contribution in [0.25, 0.3) is 0 Å². The molecular formula is C12H21NO3. The quantitative estimate of drug-likeness (QED) is 0.317. The number of rotatable bonds is 4. The maximum atomic E-state index is 12.0. The van der Waals surface area contributed by atoms with Crippen LogP contribution < -0.4 is 0 Å². The molecule has 0 saturated heterocycles. The lowest BCUT2D eigenvalue weighted by molar-refractivity contribution is -0.141. The summed E-state index contributed by atoms with van der Waals surface area (Å²) >= 11 is 0. The molecule has 4 heteroatoms. The van der Waals surface area contributed by atoms with Crippen molar-refractivity contribution in [2.24, 2.45) is 5.41 Å². The molecule has 0 spiro atoms. The van der Waals surface area contributed by atoms with Gasteiger partial charge in [0.05, 0.1) is 6.61 Å². The molecule has 4 nitrogen and oxygen atoms in total. The van der Waals surface area contributed by atoms with Gasteiger partial charge < -0.3 is 9.64 Å². The zero-order valence-electron chi connectivity index (χ0n) is 11.0. The van der Waals surface area contributed by atoms with Crippen molar-refractivity contribution in [2.75, 3.05) is 20.7 Å². The van der Waals surface area contributed by atoms with Crippen LogP contribution in [0.1, 0.15) is 27.7 Å². The first-order chi connectivity index (χ1) is 7.20. The van der Waals surface area contributed by atoms with Crippen LogP contribution in [-0.4, -0.2) is 37.4 Å². The van der Waals surface area contributed by atoms with E-state index in [0.29, 0.717) is 0 Å². The fraction of sp³-hybridized carbons (Fsp3) is 0.667. The minimum Gasteiger partial charge on any atom is -0.462 e. The summed E-state index contributed by atoms with van der Waals surface area (Å²) in [6, 6.07) is 0. The number of ketones is 1. The Kier molecular flexibility index (Phi) is 5.21. The van der Waals surface area contributed by atoms with E-state index in [1.54, 1.807) is 46.7 Å². The lowest BCUT2D eigenvalue weighted by atomic mass is 9.86. The summed E-state index contributed by atoms with van der Waals surface area (Å²) in [5, 5.41) is 0. The van der Waals surface area contributed by atoms with E-state index >= 15 is 0 Å². The van der Waals surface area contributed by atoms with E-state index in [1.807, 2.05) is 0 Å². The first-order valence-electron chi connectivity index (χ1n) is 5.30. The highest BCUT2D eigenvalue weighted by Crippen LogP contribution is 2.20. The zero-order valence-corrected chi connectivity index (χ0v) is 11.0. The molecule has 0 aromatic carbocycles. The van der Waals surface area contributed by atoms with Crippen LogP contribution >= 0.6 is 0 Å². The second kappa shape index (κ2) is 5.68. The first kappa shape index (κ1) is 14.7. The molecule has 0 fully saturated rings. The fourth-order valence-corrected chi connectivity index (χ4v) is 1.08. The Balaban J connectivity index is 5.12. The van der Waals surface area contributed by atoms with Crippen molar-refractivity contribution < 1.29 is 14.3 Å². The summed E-state index contributed by atoms with van der Waals surface area (Å²) in [4.78, 5) is 25.3. The molecule has 92 valence electrons. The number of carbonyl (C=O) groups is 2. The van der Waals surface area contributed by atoms with Crippen molar-refractivity contribution in [1.82, 2.24) is 4.90 Å². The van der Waals surface area contributed by atoms with E-state index < -0.39 is 11.4 Å². The number of carbonyl (C=O) groups excluding carboxylic acids is 2. The predicted octanol–water partition coefficient (Wildman–Crippen LogP) is 1.61. The Morgan fingerprint density at radius 3 is 2.06 bits per heavy atom. The minimum absolute atomic E-state index is 0.0966. The van der Waals surface area contributed by atoms with Gasteiger partial charge in [0.1, 0.15) is 5.57 Å². The van der Waals surface area contributed by atoms with Crippen LogP contribution in [0.2, 0.25) is 0 Å². The lowest BCUT2D eigenvalue weighted by Crippen LogP contribution is -2.28. The molecule has 0 aliphatic rings. The van der Waals surface area contributed by atoms with Gasteiger partial charge in [0.25, 0.3) is 0 Å². The van der Waals surface area contributed by atoms with Crippen LogP contribution in [0.15, 0.2) is 11.8 Å². The third kappa shape index (κ3) is 4.47. The monoisotopic (exact) mass is 227 g/mol. The highest BCUT2D eigenvalue weighted by molar-refractivity contribution is 6.18. The average molecular weight is 227 g/mol. The van der Waals surface area contributed by atoms with Crippen LogP contribution in [0.3, 0.4) is 0 Å². The predicted molar refractivity (Wildman–Crippen MR) is 62.9 cm³/mol. The SMILES string of the molecule is CCOC(=O)/C(=C/N(C)C)C(=O)C(C)(C)C. The van der Waals surface area contributed by atoms with Crippen molar-refractivity contribution in [1.29, 1.82) is 0 Å². The third-order valence-electron chi connectivity index (χ3n) is 1.81. The van der Waals surface area contributed by atoms with Crippen molar-refractivity contribution in [3.05, 3.63) is 11.8 Å². The molecule has 0 heterocycles. The summed E-state index contributed by atoms with van der Waals surface area (Å²) in [5.74, 6) is -0.768. The van der Waals surface area contributed by atoms with E-state index in [9.17, 15) is 9.59 Å². The van der Waals surface area contributed by atoms with Gasteiger partial charge in [0, 0.05) is 25.7 Å². The largest absolute Gasteiger partial charge is 0.462 e. The van der Waals surface area contributed by atoms with Crippen LogP contribution in [0.4, 0.5) is 0 Å². The smallest absolute Gasteiger partial charge is 0.343 e. The minimum atomic E-state index is -0.589. The van der Waals surface area contributed by atoms with E-state index in [1.165, 1.54) is 6.20 Å². The maximum absolute atomic E-state index is 12.0. The third-order valence-corrected chi connectivity index (χ3v) is 1.81.